The molecule has 1 unspecified atom stereocenters. The highest BCUT2D eigenvalue weighted by Crippen LogP contribution is 2.33. The lowest BCUT2D eigenvalue weighted by molar-refractivity contribution is -0.137. The van der Waals surface area contributed by atoms with E-state index in [2.05, 4.69) is 29.1 Å². The minimum absolute atomic E-state index is 0.0324. The van der Waals surface area contributed by atoms with Crippen molar-refractivity contribution >= 4 is 11.8 Å². The first-order valence-corrected chi connectivity index (χ1v) is 10.9. The summed E-state index contributed by atoms with van der Waals surface area (Å²) in [5, 5.41) is 4.43. The standard InChI is InChI=1S/C23H31N3O5/c1-17-5-3-6-18(13-17)22-20(23(31-24-22)25-8-11-29-12-9-25)15-26(21(27)16-28-2)14-19-7-4-10-30-19/h3,5-6,13,19H,4,7-12,14-16H2,1-2H3. The molecule has 3 heterocycles. The Bertz CT molecular complexity index is 872. The van der Waals surface area contributed by atoms with E-state index in [1.54, 1.807) is 7.11 Å². The summed E-state index contributed by atoms with van der Waals surface area (Å²) in [6, 6.07) is 8.18. The van der Waals surface area contributed by atoms with Crippen LogP contribution in [0.2, 0.25) is 0 Å². The molecular formula is C23H31N3O5. The summed E-state index contributed by atoms with van der Waals surface area (Å²) in [6.45, 7) is 6.50. The molecule has 168 valence electrons. The molecule has 1 atom stereocenters. The summed E-state index contributed by atoms with van der Waals surface area (Å²) in [4.78, 5) is 16.9. The molecule has 2 saturated heterocycles. The number of nitrogens with zero attached hydrogens (tertiary/aromatic N) is 3. The first-order chi connectivity index (χ1) is 15.2. The summed E-state index contributed by atoms with van der Waals surface area (Å²) < 4.78 is 22.3. The van der Waals surface area contributed by atoms with Crippen molar-refractivity contribution in [1.82, 2.24) is 10.1 Å². The summed E-state index contributed by atoms with van der Waals surface area (Å²) in [5.74, 6) is 0.643. The monoisotopic (exact) mass is 429 g/mol. The van der Waals surface area contributed by atoms with Crippen LogP contribution in [0.25, 0.3) is 11.3 Å². The number of aryl methyl sites for hydroxylation is 1. The fraction of sp³-hybridized carbons (Fsp3) is 0.565. The maximum atomic E-state index is 12.9. The van der Waals surface area contributed by atoms with Gasteiger partial charge in [0.05, 0.1) is 31.4 Å². The molecule has 1 aromatic carbocycles. The highest BCUT2D eigenvalue weighted by Gasteiger charge is 2.29. The van der Waals surface area contributed by atoms with E-state index in [-0.39, 0.29) is 18.6 Å². The number of ether oxygens (including phenoxy) is 3. The third-order valence-electron chi connectivity index (χ3n) is 5.77. The number of morpholine rings is 1. The summed E-state index contributed by atoms with van der Waals surface area (Å²) in [5.41, 5.74) is 3.81. The Kier molecular flexibility index (Phi) is 7.21. The van der Waals surface area contributed by atoms with Crippen LogP contribution in [-0.2, 0) is 25.5 Å². The van der Waals surface area contributed by atoms with Gasteiger partial charge in [0, 0.05) is 38.9 Å². The summed E-state index contributed by atoms with van der Waals surface area (Å²) >= 11 is 0. The quantitative estimate of drug-likeness (QED) is 0.638. The third-order valence-corrected chi connectivity index (χ3v) is 5.77. The minimum atomic E-state index is -0.0673. The number of methoxy groups -OCH3 is 1. The lowest BCUT2D eigenvalue weighted by Gasteiger charge is -2.29. The first-order valence-electron chi connectivity index (χ1n) is 10.9. The van der Waals surface area contributed by atoms with Gasteiger partial charge < -0.3 is 28.5 Å². The van der Waals surface area contributed by atoms with Crippen LogP contribution in [0.5, 0.6) is 0 Å². The molecule has 2 aliphatic rings. The van der Waals surface area contributed by atoms with E-state index in [9.17, 15) is 4.79 Å². The molecule has 31 heavy (non-hydrogen) atoms. The topological polar surface area (TPSA) is 77.3 Å². The van der Waals surface area contributed by atoms with Crippen LogP contribution in [0.3, 0.4) is 0 Å². The number of carbonyl (C=O) groups excluding carboxylic acids is 1. The van der Waals surface area contributed by atoms with Gasteiger partial charge in [0.2, 0.25) is 11.8 Å². The molecule has 8 nitrogen and oxygen atoms in total. The highest BCUT2D eigenvalue weighted by molar-refractivity contribution is 5.78. The first kappa shape index (κ1) is 21.8. The zero-order valence-corrected chi connectivity index (χ0v) is 18.3. The van der Waals surface area contributed by atoms with E-state index >= 15 is 0 Å². The molecule has 0 N–H and O–H groups in total. The fourth-order valence-electron chi connectivity index (χ4n) is 4.17. The Balaban J connectivity index is 1.68. The van der Waals surface area contributed by atoms with Crippen LogP contribution in [0.4, 0.5) is 5.88 Å². The third kappa shape index (κ3) is 5.26. The van der Waals surface area contributed by atoms with Gasteiger partial charge in [-0.1, -0.05) is 28.9 Å². The number of carbonyl (C=O) groups is 1. The molecule has 2 aromatic rings. The van der Waals surface area contributed by atoms with Gasteiger partial charge in [0.15, 0.2) is 0 Å². The zero-order chi connectivity index (χ0) is 21.6. The van der Waals surface area contributed by atoms with Crippen molar-refractivity contribution in [1.29, 1.82) is 0 Å². The number of aromatic nitrogens is 1. The van der Waals surface area contributed by atoms with E-state index in [0.29, 0.717) is 32.2 Å². The van der Waals surface area contributed by atoms with Gasteiger partial charge in [-0.15, -0.1) is 0 Å². The summed E-state index contributed by atoms with van der Waals surface area (Å²) in [6.07, 6.45) is 2.04. The number of benzene rings is 1. The molecule has 4 rings (SSSR count). The van der Waals surface area contributed by atoms with E-state index in [4.69, 9.17) is 18.7 Å². The second-order valence-corrected chi connectivity index (χ2v) is 8.13. The largest absolute Gasteiger partial charge is 0.378 e. The fourth-order valence-corrected chi connectivity index (χ4v) is 4.17. The zero-order valence-electron chi connectivity index (χ0n) is 18.3. The van der Waals surface area contributed by atoms with E-state index in [1.165, 1.54) is 0 Å². The van der Waals surface area contributed by atoms with Crippen LogP contribution in [0.15, 0.2) is 28.8 Å². The second-order valence-electron chi connectivity index (χ2n) is 8.13. The second kappa shape index (κ2) is 10.3. The molecule has 1 amide bonds. The maximum absolute atomic E-state index is 12.9. The van der Waals surface area contributed by atoms with Crippen molar-refractivity contribution < 1.29 is 23.5 Å². The normalized spacial score (nSPS) is 19.0. The predicted octanol–water partition coefficient (Wildman–Crippen LogP) is 2.64. The van der Waals surface area contributed by atoms with Gasteiger partial charge in [-0.05, 0) is 25.8 Å². The molecular weight excluding hydrogens is 398 g/mol. The number of rotatable bonds is 8. The SMILES string of the molecule is COCC(=O)N(Cc1c(-c2cccc(C)c2)noc1N1CCOCC1)CC1CCCO1. The molecule has 8 heteroatoms. The molecule has 0 spiro atoms. The van der Waals surface area contributed by atoms with Gasteiger partial charge in [-0.3, -0.25) is 4.79 Å². The van der Waals surface area contributed by atoms with Crippen molar-refractivity contribution in [2.24, 2.45) is 0 Å². The maximum Gasteiger partial charge on any atom is 0.248 e. The molecule has 0 bridgehead atoms. The summed E-state index contributed by atoms with van der Waals surface area (Å²) in [7, 11) is 1.54. The van der Waals surface area contributed by atoms with Crippen molar-refractivity contribution in [2.45, 2.75) is 32.4 Å². The van der Waals surface area contributed by atoms with Crippen molar-refractivity contribution in [2.75, 3.05) is 58.1 Å². The molecule has 0 saturated carbocycles. The van der Waals surface area contributed by atoms with Crippen LogP contribution in [0.1, 0.15) is 24.0 Å². The van der Waals surface area contributed by atoms with E-state index in [1.807, 2.05) is 17.0 Å². The Morgan fingerprint density at radius 1 is 1.29 bits per heavy atom. The Labute approximate surface area is 183 Å². The van der Waals surface area contributed by atoms with Gasteiger partial charge in [0.25, 0.3) is 0 Å². The minimum Gasteiger partial charge on any atom is -0.378 e. The van der Waals surface area contributed by atoms with Crippen LogP contribution in [0, 0.1) is 6.92 Å². The predicted molar refractivity (Wildman–Crippen MR) is 116 cm³/mol. The van der Waals surface area contributed by atoms with Gasteiger partial charge in [-0.2, -0.15) is 0 Å². The average Bonchev–Trinajstić information content (AvgIpc) is 3.44. The van der Waals surface area contributed by atoms with Gasteiger partial charge in [-0.25, -0.2) is 0 Å². The Morgan fingerprint density at radius 2 is 2.13 bits per heavy atom. The van der Waals surface area contributed by atoms with Crippen molar-refractivity contribution in [3.05, 3.63) is 35.4 Å². The van der Waals surface area contributed by atoms with E-state index < -0.39 is 0 Å². The number of hydrogen-bond donors (Lipinski definition) is 0. The van der Waals surface area contributed by atoms with Crippen molar-refractivity contribution in [3.63, 3.8) is 0 Å². The molecule has 2 fully saturated rings. The molecule has 0 aliphatic carbocycles. The smallest absolute Gasteiger partial charge is 0.248 e. The van der Waals surface area contributed by atoms with Gasteiger partial charge >= 0.3 is 0 Å². The molecule has 0 radical (unpaired) electrons. The number of amides is 1. The number of anilines is 1. The van der Waals surface area contributed by atoms with Crippen molar-refractivity contribution in [3.8, 4) is 11.3 Å². The average molecular weight is 430 g/mol. The Hall–Kier alpha value is -2.42. The molecule has 1 aromatic heterocycles. The van der Waals surface area contributed by atoms with Crippen LogP contribution in [-0.4, -0.2) is 75.2 Å². The van der Waals surface area contributed by atoms with Gasteiger partial charge in [0.1, 0.15) is 12.3 Å². The lowest BCUT2D eigenvalue weighted by Crippen LogP contribution is -2.40. The lowest BCUT2D eigenvalue weighted by atomic mass is 10.0. The highest BCUT2D eigenvalue weighted by atomic mass is 16.5. The molecule has 2 aliphatic heterocycles. The van der Waals surface area contributed by atoms with E-state index in [0.717, 1.165) is 54.9 Å². The number of hydrogen-bond acceptors (Lipinski definition) is 7. The van der Waals surface area contributed by atoms with Crippen LogP contribution >= 0.6 is 0 Å². The Morgan fingerprint density at radius 3 is 2.84 bits per heavy atom. The van der Waals surface area contributed by atoms with Crippen LogP contribution < -0.4 is 4.90 Å².